The van der Waals surface area contributed by atoms with Gasteiger partial charge in [0.2, 0.25) is 0 Å². The molecular weight excluding hydrogens is 1370 g/mol. The maximum Gasteiger partial charge on any atom is 0.307 e. The van der Waals surface area contributed by atoms with E-state index in [1.807, 2.05) is 6.07 Å². The van der Waals surface area contributed by atoms with Gasteiger partial charge in [0.05, 0.1) is 68.4 Å². The van der Waals surface area contributed by atoms with Crippen LogP contribution in [0.5, 0.6) is 0 Å². The van der Waals surface area contributed by atoms with Gasteiger partial charge in [0.25, 0.3) is 0 Å². The summed E-state index contributed by atoms with van der Waals surface area (Å²) in [6, 6.07) is 12.3. The minimum Gasteiger partial charge on any atom is -0.481 e. The van der Waals surface area contributed by atoms with Crippen LogP contribution in [-0.2, 0) is 77.5 Å². The number of aliphatic carboxylic acids is 1. The van der Waals surface area contributed by atoms with Crippen molar-refractivity contribution in [2.75, 3.05) is 51.6 Å². The SMILES string of the molecule is O=C(O)Cc1ccccc1Nc1c(Cl)cccc1Cl.OCC1OC2OC3C(CO)OC(OC4C(CO)OC(OC5C(CO)OC(OC6C(CO)OC(OC7C(CO)OC(OC8C(CO)OC(OC1C(O)C2O)C(O)C8O)C(O)C7O)C(O)C6O)C(O)C5O)C(O)C4O)C(O)C3O.[Na]. The molecule has 97 heavy (non-hydrogen) atoms. The average Bonchev–Trinajstić information content (AvgIpc) is 0.782. The third kappa shape index (κ3) is 17.5. The van der Waals surface area contributed by atoms with Crippen molar-refractivity contribution < 1.29 is 183 Å². The molecule has 21 saturated heterocycles. The molecule has 0 aliphatic carbocycles. The van der Waals surface area contributed by atoms with E-state index in [1.165, 1.54) is 0 Å². The van der Waals surface area contributed by atoms with E-state index in [4.69, 9.17) is 94.6 Å². The van der Waals surface area contributed by atoms with Crippen LogP contribution in [0.3, 0.4) is 0 Å². The van der Waals surface area contributed by atoms with Crippen LogP contribution in [0.25, 0.3) is 0 Å². The maximum absolute atomic E-state index is 11.3. The number of carboxylic acid groups (broad SMARTS) is 1. The van der Waals surface area contributed by atoms with Crippen LogP contribution < -0.4 is 5.32 Å². The topological polar surface area (TPSA) is 603 Å². The molecule has 21 aliphatic rings. The zero-order valence-corrected chi connectivity index (χ0v) is 54.6. The number of hydrogen-bond donors (Lipinski definition) is 23. The number of hydrogen-bond acceptors (Lipinski definition) is 37. The van der Waals surface area contributed by atoms with Gasteiger partial charge in [-0.25, -0.2) is 0 Å². The first kappa shape index (κ1) is 80.6. The van der Waals surface area contributed by atoms with Crippen molar-refractivity contribution in [2.24, 2.45) is 0 Å². The van der Waals surface area contributed by atoms with Gasteiger partial charge in [-0.05, 0) is 23.8 Å². The van der Waals surface area contributed by atoms with Crippen molar-refractivity contribution in [1.82, 2.24) is 0 Å². The molecule has 2 aromatic carbocycles. The Hall–Kier alpha value is -2.11. The summed E-state index contributed by atoms with van der Waals surface area (Å²) < 4.78 is 79.5. The first-order valence-electron chi connectivity index (χ1n) is 30.2. The second-order valence-electron chi connectivity index (χ2n) is 23.6. The first-order valence-corrected chi connectivity index (χ1v) is 31.0. The summed E-state index contributed by atoms with van der Waals surface area (Å²) in [6.45, 7) is -7.33. The molecule has 1 radical (unpaired) electrons. The first-order chi connectivity index (χ1) is 45.7. The minimum absolute atomic E-state index is 0. The van der Waals surface area contributed by atoms with Crippen LogP contribution in [0.1, 0.15) is 5.56 Å². The van der Waals surface area contributed by atoms with Gasteiger partial charge in [-0.3, -0.25) is 4.79 Å². The van der Waals surface area contributed by atoms with Crippen molar-refractivity contribution in [3.63, 3.8) is 0 Å². The third-order valence-corrected chi connectivity index (χ3v) is 18.0. The van der Waals surface area contributed by atoms with Gasteiger partial charge >= 0.3 is 5.97 Å². The number of para-hydroxylation sites is 2. The fraction of sp³-hybridized carbons (Fsp3) is 0.768. The van der Waals surface area contributed by atoms with Crippen LogP contribution in [0, 0.1) is 0 Å². The van der Waals surface area contributed by atoms with Crippen LogP contribution in [-0.4, -0.2) is 409 Å². The number of rotatable bonds is 11. The van der Waals surface area contributed by atoms with E-state index in [9.17, 15) is 112 Å². The van der Waals surface area contributed by atoms with Crippen molar-refractivity contribution in [2.45, 2.75) is 221 Å². The van der Waals surface area contributed by atoms with E-state index < -0.39 is 267 Å². The quantitative estimate of drug-likeness (QED) is 0.0929. The van der Waals surface area contributed by atoms with Gasteiger partial charge in [-0.15, -0.1) is 0 Å². The number of ether oxygens (including phenoxy) is 14. The van der Waals surface area contributed by atoms with Crippen molar-refractivity contribution in [3.8, 4) is 0 Å². The molecule has 21 heterocycles. The van der Waals surface area contributed by atoms with E-state index in [-0.39, 0.29) is 36.0 Å². The zero-order valence-electron chi connectivity index (χ0n) is 51.1. The molecular formula is C56H81Cl2NNaO37. The van der Waals surface area contributed by atoms with Crippen LogP contribution in [0.4, 0.5) is 11.4 Å². The molecule has 0 spiro atoms. The number of aliphatic hydroxyl groups excluding tert-OH is 21. The molecule has 23 rings (SSSR count). The predicted molar refractivity (Wildman–Crippen MR) is 312 cm³/mol. The normalized spacial score (nSPS) is 45.9. The van der Waals surface area contributed by atoms with Gasteiger partial charge in [0.1, 0.15) is 171 Å². The Bertz CT molecular complexity index is 2400. The number of anilines is 2. The van der Waals surface area contributed by atoms with Gasteiger partial charge in [0, 0.05) is 35.2 Å². The summed E-state index contributed by atoms with van der Waals surface area (Å²) in [7, 11) is 0. The van der Waals surface area contributed by atoms with Crippen LogP contribution in [0.15, 0.2) is 42.5 Å². The molecule has 38 nitrogen and oxygen atoms in total. The van der Waals surface area contributed by atoms with Crippen molar-refractivity contribution >= 4 is 70.1 Å². The Morgan fingerprint density at radius 3 is 0.722 bits per heavy atom. The van der Waals surface area contributed by atoms with Gasteiger partial charge in [-0.1, -0.05) is 47.5 Å². The second-order valence-corrected chi connectivity index (χ2v) is 24.4. The molecule has 23 N–H and O–H groups in total. The molecule has 0 aromatic heterocycles. The molecule has 35 unspecified atom stereocenters. The second kappa shape index (κ2) is 35.6. The van der Waals surface area contributed by atoms with E-state index >= 15 is 0 Å². The fourth-order valence-corrected chi connectivity index (χ4v) is 12.6. The fourth-order valence-electron chi connectivity index (χ4n) is 12.1. The molecule has 35 atom stereocenters. The van der Waals surface area contributed by atoms with E-state index in [0.29, 0.717) is 27.0 Å². The standard InChI is InChI=1S/C42H70O35.C14H11Cl2NO2.Na/c43-1-8-29-15(50)22(57)36(64-8)72-30-9(2-44)66-38(24(59)17(30)52)74-32-11(4-46)68-40(26(61)19(32)54)76-34-13(6-48)70-42(28(63)21(34)56)77-35-14(7-49)69-41(27(62)20(35)55)75-33-12(5-47)67-39(25(60)18(33)53)73-31-10(3-45)65-37(71-29)23(58)16(31)51;15-10-5-3-6-11(16)14(10)17-12-7-2-1-4-9(12)8-13(18)19;/h8-63H,1-7H2;1-7,17H,8H2,(H,18,19);. The predicted octanol–water partition coefficient (Wildman–Crippen LogP) is -11.2. The van der Waals surface area contributed by atoms with Gasteiger partial charge in [-0.2, -0.15) is 0 Å². The number of carbonyl (C=O) groups is 1. The molecule has 21 aliphatic heterocycles. The summed E-state index contributed by atoms with van der Waals surface area (Å²) in [5.74, 6) is -0.889. The monoisotopic (exact) mass is 1450 g/mol. The summed E-state index contributed by atoms with van der Waals surface area (Å²) >= 11 is 12.1. The van der Waals surface area contributed by atoms with Crippen molar-refractivity contribution in [1.29, 1.82) is 0 Å². The Morgan fingerprint density at radius 1 is 0.320 bits per heavy atom. The largest absolute Gasteiger partial charge is 0.481 e. The van der Waals surface area contributed by atoms with Crippen molar-refractivity contribution in [3.05, 3.63) is 58.1 Å². The van der Waals surface area contributed by atoms with Gasteiger partial charge in [0.15, 0.2) is 44.0 Å². The Kier molecular flexibility index (Phi) is 29.6. The zero-order chi connectivity index (χ0) is 69.9. The summed E-state index contributed by atoms with van der Waals surface area (Å²) in [5, 5.41) is 243. The molecule has 0 saturated carbocycles. The van der Waals surface area contributed by atoms with Crippen LogP contribution >= 0.6 is 23.2 Å². The smallest absolute Gasteiger partial charge is 0.307 e. The Balaban J connectivity index is 0.000000515. The molecule has 2 aromatic rings. The number of benzene rings is 2. The molecule has 41 heteroatoms. The number of halogens is 2. The van der Waals surface area contributed by atoms with E-state index in [2.05, 4.69) is 5.32 Å². The Morgan fingerprint density at radius 2 is 0.526 bits per heavy atom. The summed E-state index contributed by atoms with van der Waals surface area (Å²) in [5.41, 5.74) is 1.93. The number of nitrogens with one attached hydrogen (secondary N) is 1. The summed E-state index contributed by atoms with van der Waals surface area (Å²) in [6.07, 6.45) is -70.3. The average molecular weight is 1450 g/mol. The summed E-state index contributed by atoms with van der Waals surface area (Å²) in [4.78, 5) is 10.8. The number of aliphatic hydroxyl groups is 21. The molecule has 21 fully saturated rings. The minimum atomic E-state index is -2.21. The van der Waals surface area contributed by atoms with Gasteiger partial charge < -0.3 is 184 Å². The maximum atomic E-state index is 11.3. The third-order valence-electron chi connectivity index (χ3n) is 17.4. The van der Waals surface area contributed by atoms with E-state index in [0.717, 1.165) is 0 Å². The molecule has 547 valence electrons. The molecule has 14 bridgehead atoms. The Labute approximate surface area is 581 Å². The number of carboxylic acids is 1. The van der Waals surface area contributed by atoms with Crippen LogP contribution in [0.2, 0.25) is 10.0 Å². The van der Waals surface area contributed by atoms with E-state index in [1.54, 1.807) is 36.4 Å². The molecule has 0 amide bonds.